The lowest BCUT2D eigenvalue weighted by molar-refractivity contribution is -0.139. The first-order valence-electron chi connectivity index (χ1n) is 7.11. The number of aliphatic hydroxyl groups is 3. The van der Waals surface area contributed by atoms with Crippen LogP contribution in [0.2, 0.25) is 0 Å². The first-order chi connectivity index (χ1) is 11.4. The average molecular weight is 373 g/mol. The lowest BCUT2D eigenvalue weighted by Gasteiger charge is -2.07. The minimum atomic E-state index is -0.968. The second-order valence-electron chi connectivity index (χ2n) is 4.79. The monoisotopic (exact) mass is 373 g/mol. The minimum Gasteiger partial charge on any atom is -0.480 e. The highest BCUT2D eigenvalue weighted by atomic mass is 16.4. The summed E-state index contributed by atoms with van der Waals surface area (Å²) >= 11 is 0. The van der Waals surface area contributed by atoms with Crippen LogP contribution in [0.1, 0.15) is 20.3 Å². The number of aliphatic carboxylic acids is 3. The average Bonchev–Trinajstić information content (AvgIpc) is 2.54. The van der Waals surface area contributed by atoms with Crippen molar-refractivity contribution in [2.24, 2.45) is 23.1 Å². The molecule has 152 valence electrons. The zero-order chi connectivity index (χ0) is 21.0. The van der Waals surface area contributed by atoms with Crippen LogP contribution in [-0.4, -0.2) is 87.0 Å². The number of carboxylic acid groups (broad SMARTS) is 3. The highest BCUT2D eigenvalue weighted by molar-refractivity contribution is 5.73. The summed E-state index contributed by atoms with van der Waals surface area (Å²) in [6.45, 7) is 2.61. The number of aliphatic hydroxyl groups excluding tert-OH is 3. The second kappa shape index (κ2) is 22.2. The van der Waals surface area contributed by atoms with Gasteiger partial charge in [0, 0.05) is 0 Å². The molecule has 0 aliphatic heterocycles. The van der Waals surface area contributed by atoms with E-state index in [9.17, 15) is 14.4 Å². The molecule has 1 atom stereocenters. The van der Waals surface area contributed by atoms with Crippen LogP contribution in [0.25, 0.3) is 0 Å². The third-order valence-corrected chi connectivity index (χ3v) is 1.81. The molecule has 0 radical (unpaired) electrons. The van der Waals surface area contributed by atoms with Crippen molar-refractivity contribution < 1.29 is 45.0 Å². The predicted octanol–water partition coefficient (Wildman–Crippen LogP) is -3.16. The van der Waals surface area contributed by atoms with Gasteiger partial charge in [-0.25, -0.2) is 0 Å². The van der Waals surface area contributed by atoms with Crippen LogP contribution in [-0.2, 0) is 14.4 Å². The molecule has 0 aromatic carbocycles. The summed E-state index contributed by atoms with van der Waals surface area (Å²) in [5, 5.41) is 47.5. The molecular formula is C13H31N3O9. The molecule has 12 nitrogen and oxygen atoms in total. The number of rotatable bonds is 7. The van der Waals surface area contributed by atoms with Crippen molar-refractivity contribution in [2.45, 2.75) is 32.4 Å². The van der Waals surface area contributed by atoms with Crippen LogP contribution in [0.3, 0.4) is 0 Å². The predicted molar refractivity (Wildman–Crippen MR) is 88.6 cm³/mol. The molecule has 0 bridgehead atoms. The van der Waals surface area contributed by atoms with E-state index in [2.05, 4.69) is 11.5 Å². The van der Waals surface area contributed by atoms with Crippen LogP contribution in [0.15, 0.2) is 0 Å². The van der Waals surface area contributed by atoms with Gasteiger partial charge in [-0.1, -0.05) is 13.8 Å². The van der Waals surface area contributed by atoms with E-state index in [1.54, 1.807) is 0 Å². The maximum atomic E-state index is 10.1. The van der Waals surface area contributed by atoms with E-state index in [0.717, 1.165) is 0 Å². The number of nitrogens with two attached hydrogens (primary N) is 3. The van der Waals surface area contributed by atoms with Crippen molar-refractivity contribution in [3.05, 3.63) is 0 Å². The maximum Gasteiger partial charge on any atom is 0.320 e. The Kier molecular flexibility index (Phi) is 27.5. The second-order valence-corrected chi connectivity index (χ2v) is 4.79. The molecular weight excluding hydrogens is 342 g/mol. The number of hydrogen-bond donors (Lipinski definition) is 9. The van der Waals surface area contributed by atoms with E-state index >= 15 is 0 Å². The lowest BCUT2D eigenvalue weighted by Crippen LogP contribution is -2.31. The molecule has 0 saturated heterocycles. The molecule has 0 aromatic heterocycles. The van der Waals surface area contributed by atoms with Gasteiger partial charge >= 0.3 is 17.9 Å². The summed E-state index contributed by atoms with van der Waals surface area (Å²) in [6.07, 6.45) is -0.403. The maximum absolute atomic E-state index is 10.1. The summed E-state index contributed by atoms with van der Waals surface area (Å²) in [5.74, 6) is -2.49. The van der Waals surface area contributed by atoms with Gasteiger partial charge in [-0.3, -0.25) is 14.4 Å². The fourth-order valence-corrected chi connectivity index (χ4v) is 0.666. The zero-order valence-electron chi connectivity index (χ0n) is 14.4. The molecule has 0 amide bonds. The van der Waals surface area contributed by atoms with Gasteiger partial charge < -0.3 is 47.8 Å². The van der Waals surface area contributed by atoms with E-state index in [1.165, 1.54) is 0 Å². The van der Waals surface area contributed by atoms with E-state index in [1.807, 2.05) is 13.8 Å². The first kappa shape index (κ1) is 31.0. The van der Waals surface area contributed by atoms with E-state index in [-0.39, 0.29) is 26.3 Å². The normalized spacial score (nSPS) is 10.3. The molecule has 12 heteroatoms. The Hall–Kier alpha value is -1.83. The minimum absolute atomic E-state index is 0.278. The standard InChI is InChI=1S/C6H13NO2.C3H8O3.2C2H5NO2/c1-4(2)3-5(7)6(8)9;4-1-3(6)2-5;2*3-1-2(4)5/h4-5H,3,7H2,1-2H3,(H,8,9);3-6H,1-2H2;2*1,3H2,(H,4,5). The van der Waals surface area contributed by atoms with Gasteiger partial charge in [-0.15, -0.1) is 0 Å². The molecule has 0 saturated carbocycles. The number of hydrogen-bond acceptors (Lipinski definition) is 9. The molecule has 25 heavy (non-hydrogen) atoms. The third-order valence-electron chi connectivity index (χ3n) is 1.81. The number of carbonyl (C=O) groups is 3. The quantitative estimate of drug-likeness (QED) is 0.214. The van der Waals surface area contributed by atoms with Crippen molar-refractivity contribution in [1.29, 1.82) is 0 Å². The molecule has 0 fully saturated rings. The largest absolute Gasteiger partial charge is 0.480 e. The van der Waals surface area contributed by atoms with Gasteiger partial charge in [-0.05, 0) is 12.3 Å². The molecule has 0 heterocycles. The fraction of sp³-hybridized carbons (Fsp3) is 0.769. The van der Waals surface area contributed by atoms with Crippen LogP contribution in [0.5, 0.6) is 0 Å². The summed E-state index contributed by atoms with van der Waals surface area (Å²) in [5.41, 5.74) is 14.4. The van der Waals surface area contributed by atoms with Crippen LogP contribution in [0, 0.1) is 5.92 Å². The van der Waals surface area contributed by atoms with Gasteiger partial charge in [0.05, 0.1) is 26.3 Å². The van der Waals surface area contributed by atoms with Gasteiger partial charge in [0.25, 0.3) is 0 Å². The van der Waals surface area contributed by atoms with Crippen LogP contribution >= 0.6 is 0 Å². The van der Waals surface area contributed by atoms with Gasteiger partial charge in [0.1, 0.15) is 12.1 Å². The highest BCUT2D eigenvalue weighted by Gasteiger charge is 2.11. The molecule has 0 rings (SSSR count). The number of carboxylic acids is 3. The molecule has 0 aromatic rings. The molecule has 12 N–H and O–H groups in total. The highest BCUT2D eigenvalue weighted by Crippen LogP contribution is 2.01. The van der Waals surface area contributed by atoms with Crippen LogP contribution < -0.4 is 17.2 Å². The fourth-order valence-electron chi connectivity index (χ4n) is 0.666. The SMILES string of the molecule is CC(C)CC(N)C(=O)O.NCC(=O)O.NCC(=O)O.OCC(O)CO. The Morgan fingerprint density at radius 3 is 1.20 bits per heavy atom. The van der Waals surface area contributed by atoms with E-state index in [0.29, 0.717) is 12.3 Å². The van der Waals surface area contributed by atoms with Crippen molar-refractivity contribution in [1.82, 2.24) is 0 Å². The molecule has 0 aliphatic rings. The Labute approximate surface area is 145 Å². The zero-order valence-corrected chi connectivity index (χ0v) is 14.4. The Morgan fingerprint density at radius 1 is 0.880 bits per heavy atom. The van der Waals surface area contributed by atoms with Gasteiger partial charge in [0.15, 0.2) is 0 Å². The molecule has 1 unspecified atom stereocenters. The smallest absolute Gasteiger partial charge is 0.320 e. The third kappa shape index (κ3) is 44.9. The van der Waals surface area contributed by atoms with Gasteiger partial charge in [0.2, 0.25) is 0 Å². The summed E-state index contributed by atoms with van der Waals surface area (Å²) in [4.78, 5) is 28.6. The van der Waals surface area contributed by atoms with Crippen LogP contribution in [0.4, 0.5) is 0 Å². The molecule has 0 spiro atoms. The van der Waals surface area contributed by atoms with E-state index in [4.69, 9.17) is 36.4 Å². The summed E-state index contributed by atoms with van der Waals surface area (Å²) < 4.78 is 0. The summed E-state index contributed by atoms with van der Waals surface area (Å²) in [6, 6.07) is -0.690. The molecule has 0 aliphatic carbocycles. The van der Waals surface area contributed by atoms with Gasteiger partial charge in [-0.2, -0.15) is 0 Å². The van der Waals surface area contributed by atoms with Crippen molar-refractivity contribution in [3.8, 4) is 0 Å². The summed E-state index contributed by atoms with van der Waals surface area (Å²) in [7, 11) is 0. The van der Waals surface area contributed by atoms with E-state index < -0.39 is 30.1 Å². The Bertz CT molecular complexity index is 323. The van der Waals surface area contributed by atoms with Crippen molar-refractivity contribution >= 4 is 17.9 Å². The Morgan fingerprint density at radius 2 is 1.16 bits per heavy atom. The Balaban J connectivity index is -0.000000122. The topological polar surface area (TPSA) is 251 Å². The van der Waals surface area contributed by atoms with Crippen molar-refractivity contribution in [3.63, 3.8) is 0 Å². The lowest BCUT2D eigenvalue weighted by atomic mass is 10.1. The van der Waals surface area contributed by atoms with Crippen molar-refractivity contribution in [2.75, 3.05) is 26.3 Å². The first-order valence-corrected chi connectivity index (χ1v) is 7.11.